The average molecular weight is 369 g/mol. The minimum atomic E-state index is -0.224. The van der Waals surface area contributed by atoms with Gasteiger partial charge in [0, 0.05) is 50.5 Å². The number of carbonyl (C=O) groups excluding carboxylic acids is 1. The van der Waals surface area contributed by atoms with Crippen LogP contribution in [0, 0.1) is 5.92 Å². The van der Waals surface area contributed by atoms with Crippen molar-refractivity contribution in [1.82, 2.24) is 9.97 Å². The van der Waals surface area contributed by atoms with E-state index in [9.17, 15) is 4.79 Å². The monoisotopic (exact) mass is 369 g/mol. The number of nitrogens with zero attached hydrogens (tertiary/aromatic N) is 3. The van der Waals surface area contributed by atoms with E-state index in [4.69, 9.17) is 4.74 Å². The molecule has 0 saturated carbocycles. The molecule has 144 valence electrons. The summed E-state index contributed by atoms with van der Waals surface area (Å²) in [6, 6.07) is 8.00. The molecule has 1 aliphatic heterocycles. The molecule has 2 aromatic rings. The van der Waals surface area contributed by atoms with Crippen molar-refractivity contribution in [3.05, 3.63) is 42.2 Å². The number of anilines is 3. The van der Waals surface area contributed by atoms with Crippen LogP contribution in [0.25, 0.3) is 0 Å². The fourth-order valence-electron chi connectivity index (χ4n) is 3.03. The maximum Gasteiger partial charge on any atom is 0.258 e. The molecule has 2 heterocycles. The molecule has 3 rings (SSSR count). The van der Waals surface area contributed by atoms with Crippen molar-refractivity contribution < 1.29 is 9.53 Å². The number of rotatable bonds is 7. The molecule has 1 aromatic carbocycles. The third-order valence-corrected chi connectivity index (χ3v) is 4.78. The van der Waals surface area contributed by atoms with E-state index < -0.39 is 0 Å². The molecule has 0 bridgehead atoms. The quantitative estimate of drug-likeness (QED) is 0.731. The Hall–Kier alpha value is -2.67. The molecular weight excluding hydrogens is 342 g/mol. The van der Waals surface area contributed by atoms with Crippen molar-refractivity contribution in [3.8, 4) is 0 Å². The summed E-state index contributed by atoms with van der Waals surface area (Å²) < 4.78 is 4.96. The second-order valence-electron chi connectivity index (χ2n) is 6.89. The lowest BCUT2D eigenvalue weighted by Crippen LogP contribution is -2.32. The number of hydrogen-bond donors (Lipinski definition) is 2. The Labute approximate surface area is 160 Å². The highest BCUT2D eigenvalue weighted by Crippen LogP contribution is 2.24. The van der Waals surface area contributed by atoms with Gasteiger partial charge in [0.2, 0.25) is 5.95 Å². The van der Waals surface area contributed by atoms with E-state index in [2.05, 4.69) is 44.6 Å². The van der Waals surface area contributed by atoms with E-state index in [1.807, 2.05) is 12.1 Å². The summed E-state index contributed by atoms with van der Waals surface area (Å²) in [5.74, 6) is 1.06. The molecular formula is C20H27N5O2. The normalized spacial score (nSPS) is 14.8. The lowest BCUT2D eigenvalue weighted by molar-refractivity contribution is 0.102. The van der Waals surface area contributed by atoms with Crippen molar-refractivity contribution in [1.29, 1.82) is 0 Å². The highest BCUT2D eigenvalue weighted by Gasteiger charge is 2.16. The predicted molar refractivity (Wildman–Crippen MR) is 107 cm³/mol. The third kappa shape index (κ3) is 5.40. The summed E-state index contributed by atoms with van der Waals surface area (Å²) >= 11 is 0. The second-order valence-corrected chi connectivity index (χ2v) is 6.89. The fourth-order valence-corrected chi connectivity index (χ4v) is 3.03. The van der Waals surface area contributed by atoms with Gasteiger partial charge in [0.15, 0.2) is 0 Å². The molecule has 7 nitrogen and oxygen atoms in total. The average Bonchev–Trinajstić information content (AvgIpc) is 2.70. The fraction of sp³-hybridized carbons (Fsp3) is 0.450. The van der Waals surface area contributed by atoms with Crippen LogP contribution in [0.5, 0.6) is 0 Å². The first-order valence-electron chi connectivity index (χ1n) is 9.37. The lowest BCUT2D eigenvalue weighted by atomic mass is 9.99. The number of nitrogens with one attached hydrogen (secondary N) is 2. The van der Waals surface area contributed by atoms with Gasteiger partial charge in [0.05, 0.1) is 12.2 Å². The van der Waals surface area contributed by atoms with Crippen molar-refractivity contribution in [2.24, 2.45) is 5.92 Å². The topological polar surface area (TPSA) is 79.4 Å². The number of benzene rings is 1. The number of methoxy groups -OCH3 is 1. The summed E-state index contributed by atoms with van der Waals surface area (Å²) in [7, 11) is 1.63. The molecule has 27 heavy (non-hydrogen) atoms. The number of ether oxygens (including phenoxy) is 1. The van der Waals surface area contributed by atoms with Gasteiger partial charge in [0.1, 0.15) is 0 Å². The Morgan fingerprint density at radius 2 is 1.85 bits per heavy atom. The Morgan fingerprint density at radius 3 is 2.48 bits per heavy atom. The van der Waals surface area contributed by atoms with Crippen LogP contribution in [-0.4, -0.2) is 49.2 Å². The maximum atomic E-state index is 12.4. The van der Waals surface area contributed by atoms with Gasteiger partial charge in [0.25, 0.3) is 5.91 Å². The lowest BCUT2D eigenvalue weighted by Gasteiger charge is -2.32. The molecule has 7 heteroatoms. The van der Waals surface area contributed by atoms with E-state index in [1.54, 1.807) is 7.11 Å². The summed E-state index contributed by atoms with van der Waals surface area (Å²) in [5, 5.41) is 5.91. The van der Waals surface area contributed by atoms with Crippen LogP contribution in [0.4, 0.5) is 17.3 Å². The van der Waals surface area contributed by atoms with Gasteiger partial charge in [-0.25, -0.2) is 9.97 Å². The molecule has 2 N–H and O–H groups in total. The zero-order valence-corrected chi connectivity index (χ0v) is 15.9. The molecule has 0 aliphatic carbocycles. The van der Waals surface area contributed by atoms with Gasteiger partial charge in [-0.15, -0.1) is 0 Å². The van der Waals surface area contributed by atoms with Gasteiger partial charge in [-0.3, -0.25) is 4.79 Å². The first kappa shape index (κ1) is 19.1. The number of carbonyl (C=O) groups is 1. The minimum Gasteiger partial charge on any atom is -0.383 e. The highest BCUT2D eigenvalue weighted by atomic mass is 16.5. The maximum absolute atomic E-state index is 12.4. The van der Waals surface area contributed by atoms with Crippen LogP contribution >= 0.6 is 0 Å². The van der Waals surface area contributed by atoms with E-state index in [0.717, 1.165) is 24.7 Å². The number of hydrogen-bond acceptors (Lipinski definition) is 6. The third-order valence-electron chi connectivity index (χ3n) is 4.78. The van der Waals surface area contributed by atoms with Crippen molar-refractivity contribution in [2.75, 3.05) is 48.9 Å². The van der Waals surface area contributed by atoms with Gasteiger partial charge >= 0.3 is 0 Å². The predicted octanol–water partition coefficient (Wildman–Crippen LogP) is 3.02. The Bertz CT molecular complexity index is 725. The molecule has 0 atom stereocenters. The Morgan fingerprint density at radius 1 is 1.19 bits per heavy atom. The van der Waals surface area contributed by atoms with Gasteiger partial charge in [-0.2, -0.15) is 0 Å². The minimum absolute atomic E-state index is 0.224. The number of amides is 1. The molecule has 0 unspecified atom stereocenters. The van der Waals surface area contributed by atoms with Crippen LogP contribution in [0.15, 0.2) is 36.7 Å². The molecule has 0 radical (unpaired) electrons. The standard InChI is InChI=1S/C20H27N5O2/c1-15-7-10-25(11-8-15)18-5-3-17(4-6-18)24-19(26)16-13-22-20(23-14-16)21-9-12-27-2/h3-6,13-15H,7-12H2,1-2H3,(H,24,26)(H,21,22,23). The largest absolute Gasteiger partial charge is 0.383 e. The van der Waals surface area contributed by atoms with Crippen LogP contribution in [0.2, 0.25) is 0 Å². The molecule has 1 saturated heterocycles. The summed E-state index contributed by atoms with van der Waals surface area (Å²) in [4.78, 5) is 23.1. The van der Waals surface area contributed by atoms with Crippen molar-refractivity contribution in [2.45, 2.75) is 19.8 Å². The smallest absolute Gasteiger partial charge is 0.258 e. The van der Waals surface area contributed by atoms with E-state index in [0.29, 0.717) is 24.7 Å². The van der Waals surface area contributed by atoms with E-state index in [-0.39, 0.29) is 5.91 Å². The summed E-state index contributed by atoms with van der Waals surface area (Å²) in [6.07, 6.45) is 5.49. The van der Waals surface area contributed by atoms with Crippen LogP contribution < -0.4 is 15.5 Å². The summed E-state index contributed by atoms with van der Waals surface area (Å²) in [6.45, 7) is 5.67. The molecule has 1 fully saturated rings. The van der Waals surface area contributed by atoms with E-state index >= 15 is 0 Å². The van der Waals surface area contributed by atoms with Gasteiger partial charge in [-0.1, -0.05) is 6.92 Å². The second kappa shape index (κ2) is 9.32. The Kier molecular flexibility index (Phi) is 6.59. The number of piperidine rings is 1. The first-order chi connectivity index (χ1) is 13.2. The number of aromatic nitrogens is 2. The zero-order valence-electron chi connectivity index (χ0n) is 15.9. The highest BCUT2D eigenvalue weighted by molar-refractivity contribution is 6.03. The first-order valence-corrected chi connectivity index (χ1v) is 9.37. The van der Waals surface area contributed by atoms with Gasteiger partial charge < -0.3 is 20.3 Å². The van der Waals surface area contributed by atoms with Crippen LogP contribution in [0.3, 0.4) is 0 Å². The Balaban J connectivity index is 1.54. The van der Waals surface area contributed by atoms with E-state index in [1.165, 1.54) is 30.9 Å². The van der Waals surface area contributed by atoms with Crippen molar-refractivity contribution in [3.63, 3.8) is 0 Å². The van der Waals surface area contributed by atoms with Crippen LogP contribution in [0.1, 0.15) is 30.1 Å². The van der Waals surface area contributed by atoms with Gasteiger partial charge in [-0.05, 0) is 43.0 Å². The molecule has 0 spiro atoms. The molecule has 1 amide bonds. The van der Waals surface area contributed by atoms with Crippen LogP contribution in [-0.2, 0) is 4.74 Å². The molecule has 1 aliphatic rings. The SMILES string of the molecule is COCCNc1ncc(C(=O)Nc2ccc(N3CCC(C)CC3)cc2)cn1. The summed E-state index contributed by atoms with van der Waals surface area (Å²) in [5.41, 5.74) is 2.38. The molecule has 1 aromatic heterocycles. The zero-order chi connectivity index (χ0) is 19.1. The van der Waals surface area contributed by atoms with Crippen molar-refractivity contribution >= 4 is 23.2 Å².